The van der Waals surface area contributed by atoms with Gasteiger partial charge in [-0.15, -0.1) is 0 Å². The minimum atomic E-state index is -3.13. The summed E-state index contributed by atoms with van der Waals surface area (Å²) >= 11 is 0. The number of fused-ring (bicyclic) bond motifs is 3. The standard InChI is InChI=1S/C27H27F2N3O3/c1-16-3-5-19(31-26(34)18-7-8-30-25(12-18)27(2,28)29)13-22(16)17-4-6-21-23(11-17)32-9-10-35-15-20(32)14-24(21)33/h3-8,11-13,20,24,33H,9-10,14-15H2,1-2H3,(H,31,34)/t20-,24+/m1/s1. The summed E-state index contributed by atoms with van der Waals surface area (Å²) in [5.41, 5.74) is 5.06. The van der Waals surface area contributed by atoms with E-state index in [1.165, 1.54) is 12.3 Å². The molecule has 0 bridgehead atoms. The van der Waals surface area contributed by atoms with Gasteiger partial charge in [0.15, 0.2) is 0 Å². The number of nitrogens with zero attached hydrogens (tertiary/aromatic N) is 2. The van der Waals surface area contributed by atoms with Crippen LogP contribution in [0.2, 0.25) is 0 Å². The lowest BCUT2D eigenvalue weighted by atomic mass is 9.89. The topological polar surface area (TPSA) is 74.7 Å². The van der Waals surface area contributed by atoms with E-state index in [1.54, 1.807) is 6.07 Å². The van der Waals surface area contributed by atoms with Gasteiger partial charge in [-0.05, 0) is 53.9 Å². The van der Waals surface area contributed by atoms with Crippen LogP contribution in [0.15, 0.2) is 54.7 Å². The number of carbonyl (C=O) groups excluding carboxylic acids is 1. The van der Waals surface area contributed by atoms with Crippen molar-refractivity contribution in [2.45, 2.75) is 38.3 Å². The number of alkyl halides is 2. The van der Waals surface area contributed by atoms with Gasteiger partial charge in [0.2, 0.25) is 0 Å². The van der Waals surface area contributed by atoms with Crippen molar-refractivity contribution in [3.05, 3.63) is 77.1 Å². The van der Waals surface area contributed by atoms with Crippen LogP contribution < -0.4 is 10.2 Å². The highest BCUT2D eigenvalue weighted by Gasteiger charge is 2.34. The van der Waals surface area contributed by atoms with Crippen LogP contribution in [-0.4, -0.2) is 41.8 Å². The molecule has 2 N–H and O–H groups in total. The van der Waals surface area contributed by atoms with E-state index in [0.717, 1.165) is 47.5 Å². The molecular formula is C27H27F2N3O3. The summed E-state index contributed by atoms with van der Waals surface area (Å²) in [6.07, 6.45) is 1.32. The highest BCUT2D eigenvalue weighted by molar-refractivity contribution is 6.04. The van der Waals surface area contributed by atoms with Crippen LogP contribution in [0.3, 0.4) is 0 Å². The Morgan fingerprint density at radius 1 is 1.20 bits per heavy atom. The van der Waals surface area contributed by atoms with Crippen molar-refractivity contribution in [2.24, 2.45) is 0 Å². The van der Waals surface area contributed by atoms with Crippen molar-refractivity contribution in [3.63, 3.8) is 0 Å². The number of anilines is 2. The molecular weight excluding hydrogens is 452 g/mol. The quantitative estimate of drug-likeness (QED) is 0.547. The largest absolute Gasteiger partial charge is 0.388 e. The van der Waals surface area contributed by atoms with Crippen LogP contribution in [0, 0.1) is 6.92 Å². The van der Waals surface area contributed by atoms with Crippen LogP contribution in [0.4, 0.5) is 20.2 Å². The molecule has 2 aliphatic heterocycles. The number of benzene rings is 2. The molecule has 0 spiro atoms. The molecule has 182 valence electrons. The number of aliphatic hydroxyl groups excluding tert-OH is 1. The van der Waals surface area contributed by atoms with E-state index in [0.29, 0.717) is 25.3 Å². The summed E-state index contributed by atoms with van der Waals surface area (Å²) in [6.45, 7) is 4.76. The average Bonchev–Trinajstić information content (AvgIpc) is 2.84. The molecule has 3 heterocycles. The Kier molecular flexibility index (Phi) is 6.02. The third-order valence-electron chi connectivity index (χ3n) is 6.70. The highest BCUT2D eigenvalue weighted by atomic mass is 19.3. The van der Waals surface area contributed by atoms with E-state index in [-0.39, 0.29) is 11.6 Å². The van der Waals surface area contributed by atoms with Crippen LogP contribution in [0.25, 0.3) is 11.1 Å². The second kappa shape index (κ2) is 9.02. The van der Waals surface area contributed by atoms with Crippen molar-refractivity contribution in [1.82, 2.24) is 4.98 Å². The van der Waals surface area contributed by atoms with Gasteiger partial charge in [0.05, 0.1) is 25.4 Å². The number of hydrogen-bond donors (Lipinski definition) is 2. The van der Waals surface area contributed by atoms with Gasteiger partial charge < -0.3 is 20.1 Å². The SMILES string of the molecule is Cc1ccc(NC(=O)c2ccnc(C(C)(F)F)c2)cc1-c1ccc2c(c1)N1CCOC[C@H]1C[C@@H]2O. The van der Waals surface area contributed by atoms with E-state index in [1.807, 2.05) is 31.2 Å². The smallest absolute Gasteiger partial charge is 0.286 e. The van der Waals surface area contributed by atoms with E-state index >= 15 is 0 Å². The minimum Gasteiger partial charge on any atom is -0.388 e. The van der Waals surface area contributed by atoms with Gasteiger partial charge in [0.25, 0.3) is 11.8 Å². The zero-order valence-electron chi connectivity index (χ0n) is 19.6. The molecule has 1 aromatic heterocycles. The maximum absolute atomic E-state index is 13.6. The zero-order chi connectivity index (χ0) is 24.7. The second-order valence-corrected chi connectivity index (χ2v) is 9.25. The summed E-state index contributed by atoms with van der Waals surface area (Å²) in [5, 5.41) is 13.5. The first-order valence-electron chi connectivity index (χ1n) is 11.6. The molecule has 6 nitrogen and oxygen atoms in total. The summed E-state index contributed by atoms with van der Waals surface area (Å²) in [5.74, 6) is -3.62. The third-order valence-corrected chi connectivity index (χ3v) is 6.70. The fourth-order valence-electron chi connectivity index (χ4n) is 4.82. The lowest BCUT2D eigenvalue weighted by Crippen LogP contribution is -2.49. The summed E-state index contributed by atoms with van der Waals surface area (Å²) in [7, 11) is 0. The monoisotopic (exact) mass is 479 g/mol. The number of aromatic nitrogens is 1. The first kappa shape index (κ1) is 23.4. The lowest BCUT2D eigenvalue weighted by molar-refractivity contribution is 0.0127. The number of morpholine rings is 1. The number of aryl methyl sites for hydroxylation is 1. The van der Waals surface area contributed by atoms with Gasteiger partial charge in [0, 0.05) is 48.6 Å². The van der Waals surface area contributed by atoms with Crippen LogP contribution in [-0.2, 0) is 10.7 Å². The highest BCUT2D eigenvalue weighted by Crippen LogP contribution is 2.41. The molecule has 1 saturated heterocycles. The molecule has 3 aromatic rings. The Morgan fingerprint density at radius 2 is 2.03 bits per heavy atom. The van der Waals surface area contributed by atoms with Crippen molar-refractivity contribution in [3.8, 4) is 11.1 Å². The predicted molar refractivity (Wildman–Crippen MR) is 130 cm³/mol. The van der Waals surface area contributed by atoms with Gasteiger partial charge >= 0.3 is 0 Å². The number of aliphatic hydroxyl groups is 1. The first-order chi connectivity index (χ1) is 16.7. The molecule has 0 radical (unpaired) electrons. The van der Waals surface area contributed by atoms with Crippen LogP contribution in [0.5, 0.6) is 0 Å². The van der Waals surface area contributed by atoms with Crippen molar-refractivity contribution in [1.29, 1.82) is 0 Å². The van der Waals surface area contributed by atoms with Crippen LogP contribution in [0.1, 0.15) is 46.6 Å². The molecule has 5 rings (SSSR count). The molecule has 2 aliphatic rings. The Morgan fingerprint density at radius 3 is 2.83 bits per heavy atom. The fourth-order valence-corrected chi connectivity index (χ4v) is 4.82. The second-order valence-electron chi connectivity index (χ2n) is 9.25. The summed E-state index contributed by atoms with van der Waals surface area (Å²) in [4.78, 5) is 18.8. The molecule has 1 fully saturated rings. The molecule has 0 unspecified atom stereocenters. The number of hydrogen-bond acceptors (Lipinski definition) is 5. The summed E-state index contributed by atoms with van der Waals surface area (Å²) in [6, 6.07) is 14.3. The van der Waals surface area contributed by atoms with Crippen LogP contribution >= 0.6 is 0 Å². The number of pyridine rings is 1. The molecule has 35 heavy (non-hydrogen) atoms. The number of rotatable bonds is 4. The van der Waals surface area contributed by atoms with Crippen molar-refractivity contribution >= 4 is 17.3 Å². The van der Waals surface area contributed by atoms with Gasteiger partial charge in [-0.2, -0.15) is 8.78 Å². The maximum atomic E-state index is 13.6. The molecule has 0 aliphatic carbocycles. The molecule has 2 aromatic carbocycles. The van der Waals surface area contributed by atoms with Gasteiger partial charge in [0.1, 0.15) is 5.69 Å². The van der Waals surface area contributed by atoms with E-state index in [2.05, 4.69) is 21.3 Å². The Labute approximate surface area is 202 Å². The average molecular weight is 480 g/mol. The Balaban J connectivity index is 1.44. The van der Waals surface area contributed by atoms with E-state index < -0.39 is 23.6 Å². The Bertz CT molecular complexity index is 1270. The van der Waals surface area contributed by atoms with Crippen molar-refractivity contribution < 1.29 is 23.4 Å². The summed E-state index contributed by atoms with van der Waals surface area (Å²) < 4.78 is 32.9. The van der Waals surface area contributed by atoms with E-state index in [4.69, 9.17) is 4.74 Å². The third kappa shape index (κ3) is 4.63. The van der Waals surface area contributed by atoms with Gasteiger partial charge in [-0.1, -0.05) is 18.2 Å². The normalized spacial score (nSPS) is 19.6. The molecule has 0 saturated carbocycles. The number of carbonyl (C=O) groups is 1. The fraction of sp³-hybridized carbons (Fsp3) is 0.333. The number of amides is 1. The number of ether oxygens (including phenoxy) is 1. The van der Waals surface area contributed by atoms with Gasteiger partial charge in [-0.25, -0.2) is 0 Å². The molecule has 2 atom stereocenters. The minimum absolute atomic E-state index is 0.111. The van der Waals surface area contributed by atoms with E-state index in [9.17, 15) is 18.7 Å². The predicted octanol–water partition coefficient (Wildman–Crippen LogP) is 5.06. The lowest BCUT2D eigenvalue weighted by Gasteiger charge is -2.43. The first-order valence-corrected chi connectivity index (χ1v) is 11.6. The zero-order valence-corrected chi connectivity index (χ0v) is 19.6. The molecule has 1 amide bonds. The number of nitrogens with one attached hydrogen (secondary N) is 1. The van der Waals surface area contributed by atoms with Crippen molar-refractivity contribution in [2.75, 3.05) is 30.0 Å². The molecule has 8 heteroatoms. The van der Waals surface area contributed by atoms with Gasteiger partial charge in [-0.3, -0.25) is 9.78 Å². The number of halogens is 2. The Hall–Kier alpha value is -3.36. The maximum Gasteiger partial charge on any atom is 0.286 e.